The molecule has 1 aromatic rings. The van der Waals surface area contributed by atoms with Crippen molar-refractivity contribution in [1.82, 2.24) is 0 Å². The second kappa shape index (κ2) is 5.40. The molecule has 0 unspecified atom stereocenters. The first-order valence-corrected chi connectivity index (χ1v) is 6.17. The van der Waals surface area contributed by atoms with E-state index in [-0.39, 0.29) is 12.2 Å². The van der Waals surface area contributed by atoms with E-state index in [2.05, 4.69) is 21.2 Å². The Hall–Kier alpha value is -1.24. The summed E-state index contributed by atoms with van der Waals surface area (Å²) in [6.45, 7) is 3.00. The second-order valence-electron chi connectivity index (χ2n) is 4.73. The predicted molar refractivity (Wildman–Crippen MR) is 69.1 cm³/mol. The highest BCUT2D eigenvalue weighted by Gasteiger charge is 2.31. The zero-order chi connectivity index (χ0) is 14.8. The van der Waals surface area contributed by atoms with Crippen LogP contribution in [0.2, 0.25) is 0 Å². The van der Waals surface area contributed by atoms with Crippen LogP contribution in [0.4, 0.5) is 18.9 Å². The summed E-state index contributed by atoms with van der Waals surface area (Å²) >= 11 is 3.12. The summed E-state index contributed by atoms with van der Waals surface area (Å²) in [5.74, 6) is -1.02. The molecule has 0 fully saturated rings. The van der Waals surface area contributed by atoms with Gasteiger partial charge in [-0.15, -0.1) is 0 Å². The number of nitrogens with one attached hydrogen (secondary N) is 1. The Morgan fingerprint density at radius 2 is 1.95 bits per heavy atom. The van der Waals surface area contributed by atoms with Crippen LogP contribution in [-0.4, -0.2) is 17.6 Å². The van der Waals surface area contributed by atoms with Crippen LogP contribution in [-0.2, 0) is 11.0 Å². The minimum Gasteiger partial charge on any atom is -0.481 e. The van der Waals surface area contributed by atoms with Crippen LogP contribution in [0.15, 0.2) is 22.7 Å². The summed E-state index contributed by atoms with van der Waals surface area (Å²) < 4.78 is 38.1. The zero-order valence-electron chi connectivity index (χ0n) is 10.3. The van der Waals surface area contributed by atoms with E-state index in [0.29, 0.717) is 4.47 Å². The zero-order valence-corrected chi connectivity index (χ0v) is 11.9. The van der Waals surface area contributed by atoms with Gasteiger partial charge < -0.3 is 10.4 Å². The van der Waals surface area contributed by atoms with Gasteiger partial charge in [-0.3, -0.25) is 4.79 Å². The van der Waals surface area contributed by atoms with E-state index in [1.54, 1.807) is 0 Å². The van der Waals surface area contributed by atoms with Crippen LogP contribution >= 0.6 is 15.9 Å². The standard InChI is InChI=1S/C12H13BrF3NO2/c1-11(2,10(18)19)6-17-9-5-7(12(14,15)16)3-4-8(9)13/h3-5,17H,6H2,1-2H3,(H,18,19). The maximum atomic E-state index is 12.6. The molecule has 0 aliphatic carbocycles. The molecule has 1 rings (SSSR count). The van der Waals surface area contributed by atoms with Crippen molar-refractivity contribution in [1.29, 1.82) is 0 Å². The number of benzene rings is 1. The molecule has 0 amide bonds. The molecule has 0 heterocycles. The van der Waals surface area contributed by atoms with E-state index in [1.807, 2.05) is 0 Å². The number of hydrogen-bond donors (Lipinski definition) is 2. The highest BCUT2D eigenvalue weighted by Crippen LogP contribution is 2.34. The van der Waals surface area contributed by atoms with Gasteiger partial charge in [-0.05, 0) is 48.0 Å². The Labute approximate surface area is 116 Å². The monoisotopic (exact) mass is 339 g/mol. The minimum atomic E-state index is -4.43. The smallest absolute Gasteiger partial charge is 0.416 e. The van der Waals surface area contributed by atoms with Gasteiger partial charge in [0.15, 0.2) is 0 Å². The number of halogens is 4. The molecule has 1 aromatic carbocycles. The molecule has 0 saturated heterocycles. The normalized spacial score (nSPS) is 12.3. The minimum absolute atomic E-state index is 0.0161. The molecule has 0 spiro atoms. The fourth-order valence-corrected chi connectivity index (χ4v) is 1.62. The van der Waals surface area contributed by atoms with Gasteiger partial charge in [0.25, 0.3) is 0 Å². The molecule has 0 aliphatic heterocycles. The highest BCUT2D eigenvalue weighted by molar-refractivity contribution is 9.10. The molecular weight excluding hydrogens is 327 g/mol. The van der Waals surface area contributed by atoms with Crippen LogP contribution in [0, 0.1) is 5.41 Å². The summed E-state index contributed by atoms with van der Waals surface area (Å²) in [6, 6.07) is 3.18. The van der Waals surface area contributed by atoms with Crippen molar-refractivity contribution < 1.29 is 23.1 Å². The van der Waals surface area contributed by atoms with Gasteiger partial charge in [-0.2, -0.15) is 13.2 Å². The molecule has 106 valence electrons. The van der Waals surface area contributed by atoms with Crippen molar-refractivity contribution in [3.63, 3.8) is 0 Å². The largest absolute Gasteiger partial charge is 0.481 e. The molecule has 7 heteroatoms. The van der Waals surface area contributed by atoms with Crippen molar-refractivity contribution in [2.24, 2.45) is 5.41 Å². The Bertz CT molecular complexity index is 486. The number of aliphatic carboxylic acids is 1. The van der Waals surface area contributed by atoms with Gasteiger partial charge in [-0.1, -0.05) is 0 Å². The van der Waals surface area contributed by atoms with E-state index in [0.717, 1.165) is 12.1 Å². The van der Waals surface area contributed by atoms with Gasteiger partial charge in [0.05, 0.1) is 11.0 Å². The lowest BCUT2D eigenvalue weighted by molar-refractivity contribution is -0.146. The molecule has 19 heavy (non-hydrogen) atoms. The molecule has 0 atom stereocenters. The maximum absolute atomic E-state index is 12.6. The predicted octanol–water partition coefficient (Wildman–Crippen LogP) is 3.99. The Kier molecular flexibility index (Phi) is 4.50. The second-order valence-corrected chi connectivity index (χ2v) is 5.59. The Morgan fingerprint density at radius 3 is 2.42 bits per heavy atom. The first-order valence-electron chi connectivity index (χ1n) is 5.38. The lowest BCUT2D eigenvalue weighted by atomic mass is 9.94. The third kappa shape index (κ3) is 4.12. The number of rotatable bonds is 4. The number of carboxylic acids is 1. The van der Waals surface area contributed by atoms with Crippen molar-refractivity contribution in [2.75, 3.05) is 11.9 Å². The highest BCUT2D eigenvalue weighted by atomic mass is 79.9. The molecular formula is C12H13BrF3NO2. The van der Waals surface area contributed by atoms with Crippen LogP contribution in [0.25, 0.3) is 0 Å². The third-order valence-electron chi connectivity index (χ3n) is 2.59. The van der Waals surface area contributed by atoms with E-state index in [9.17, 15) is 18.0 Å². The molecule has 0 saturated carbocycles. The van der Waals surface area contributed by atoms with E-state index in [4.69, 9.17) is 5.11 Å². The van der Waals surface area contributed by atoms with Crippen LogP contribution in [0.1, 0.15) is 19.4 Å². The summed E-state index contributed by atoms with van der Waals surface area (Å²) in [5, 5.41) is 11.7. The molecule has 0 radical (unpaired) electrons. The van der Waals surface area contributed by atoms with Crippen LogP contribution < -0.4 is 5.32 Å². The number of carboxylic acid groups (broad SMARTS) is 1. The van der Waals surface area contributed by atoms with Gasteiger partial charge in [0.2, 0.25) is 0 Å². The summed E-state index contributed by atoms with van der Waals surface area (Å²) in [4.78, 5) is 10.9. The molecule has 0 bridgehead atoms. The Morgan fingerprint density at radius 1 is 1.37 bits per heavy atom. The van der Waals surface area contributed by atoms with Gasteiger partial charge in [0, 0.05) is 16.7 Å². The van der Waals surface area contributed by atoms with E-state index < -0.39 is 23.1 Å². The molecule has 3 nitrogen and oxygen atoms in total. The SMILES string of the molecule is CC(C)(CNc1cc(C(F)(F)F)ccc1Br)C(=O)O. The molecule has 2 N–H and O–H groups in total. The van der Waals surface area contributed by atoms with Crippen molar-refractivity contribution in [3.05, 3.63) is 28.2 Å². The summed E-state index contributed by atoms with van der Waals surface area (Å²) in [5.41, 5.74) is -1.65. The van der Waals surface area contributed by atoms with Crippen LogP contribution in [0.3, 0.4) is 0 Å². The third-order valence-corrected chi connectivity index (χ3v) is 3.28. The lowest BCUT2D eigenvalue weighted by Gasteiger charge is -2.21. The fourth-order valence-electron chi connectivity index (χ4n) is 1.23. The average Bonchev–Trinajstić information content (AvgIpc) is 2.26. The first kappa shape index (κ1) is 15.8. The number of carbonyl (C=O) groups is 1. The van der Waals surface area contributed by atoms with Crippen molar-refractivity contribution >= 4 is 27.6 Å². The van der Waals surface area contributed by atoms with E-state index in [1.165, 1.54) is 19.9 Å². The van der Waals surface area contributed by atoms with Gasteiger partial charge >= 0.3 is 12.1 Å². The quantitative estimate of drug-likeness (QED) is 0.871. The topological polar surface area (TPSA) is 49.3 Å². The van der Waals surface area contributed by atoms with Gasteiger partial charge in [-0.25, -0.2) is 0 Å². The maximum Gasteiger partial charge on any atom is 0.416 e. The average molecular weight is 340 g/mol. The Balaban J connectivity index is 2.93. The number of alkyl halides is 3. The summed E-state index contributed by atoms with van der Waals surface area (Å²) in [6.07, 6.45) is -4.43. The van der Waals surface area contributed by atoms with Crippen molar-refractivity contribution in [3.8, 4) is 0 Å². The van der Waals surface area contributed by atoms with E-state index >= 15 is 0 Å². The fraction of sp³-hybridized carbons (Fsp3) is 0.417. The number of anilines is 1. The van der Waals surface area contributed by atoms with Gasteiger partial charge in [0.1, 0.15) is 0 Å². The lowest BCUT2D eigenvalue weighted by Crippen LogP contribution is -2.31. The van der Waals surface area contributed by atoms with Crippen LogP contribution in [0.5, 0.6) is 0 Å². The first-order chi connectivity index (χ1) is 8.54. The summed E-state index contributed by atoms with van der Waals surface area (Å²) in [7, 11) is 0. The van der Waals surface area contributed by atoms with Crippen molar-refractivity contribution in [2.45, 2.75) is 20.0 Å². The molecule has 0 aliphatic rings. The number of hydrogen-bond acceptors (Lipinski definition) is 2. The molecule has 0 aromatic heterocycles.